The molecule has 77 valence electrons. The fourth-order valence-electron chi connectivity index (χ4n) is 1.31. The summed E-state index contributed by atoms with van der Waals surface area (Å²) in [5.41, 5.74) is 0.103. The minimum absolute atomic E-state index is 0.103. The van der Waals surface area contributed by atoms with Crippen molar-refractivity contribution in [3.8, 4) is 0 Å². The average Bonchev–Trinajstić information content (AvgIpc) is 2.92. The Morgan fingerprint density at radius 1 is 1.38 bits per heavy atom. The zero-order valence-electron chi connectivity index (χ0n) is 8.68. The molecule has 1 atom stereocenters. The quantitative estimate of drug-likeness (QED) is 0.428. The summed E-state index contributed by atoms with van der Waals surface area (Å²) in [4.78, 5) is 0. The summed E-state index contributed by atoms with van der Waals surface area (Å²) in [6, 6.07) is 0. The maximum Gasteiger partial charge on any atom is 0.115 e. The number of unbranched alkanes of at least 4 members (excludes halogenated alkanes) is 3. The van der Waals surface area contributed by atoms with E-state index in [4.69, 9.17) is 9.47 Å². The lowest BCUT2D eigenvalue weighted by Crippen LogP contribution is -2.18. The molecule has 1 fully saturated rings. The Bertz CT molecular complexity index is 130. The zero-order valence-corrected chi connectivity index (χ0v) is 8.68. The van der Waals surface area contributed by atoms with E-state index in [1.165, 1.54) is 12.8 Å². The molecule has 1 heterocycles. The molecule has 13 heavy (non-hydrogen) atoms. The van der Waals surface area contributed by atoms with Crippen molar-refractivity contribution in [2.24, 2.45) is 0 Å². The molecular formula is C11H21O2. The summed E-state index contributed by atoms with van der Waals surface area (Å²) >= 11 is 0. The van der Waals surface area contributed by atoms with Crippen LogP contribution in [0.2, 0.25) is 0 Å². The van der Waals surface area contributed by atoms with E-state index in [-0.39, 0.29) is 5.60 Å². The van der Waals surface area contributed by atoms with Gasteiger partial charge in [-0.2, -0.15) is 0 Å². The van der Waals surface area contributed by atoms with Gasteiger partial charge in [-0.25, -0.2) is 0 Å². The first-order valence-electron chi connectivity index (χ1n) is 5.34. The Kier molecular flexibility index (Phi) is 4.74. The second-order valence-electron chi connectivity index (χ2n) is 3.79. The maximum absolute atomic E-state index is 5.55. The van der Waals surface area contributed by atoms with Gasteiger partial charge in [-0.1, -0.05) is 33.1 Å². The molecule has 1 aliphatic heterocycles. The smallest absolute Gasteiger partial charge is 0.115 e. The molecule has 0 aromatic heterocycles. The van der Waals surface area contributed by atoms with Crippen LogP contribution >= 0.6 is 0 Å². The van der Waals surface area contributed by atoms with Gasteiger partial charge in [0.15, 0.2) is 0 Å². The van der Waals surface area contributed by atoms with Crippen LogP contribution in [-0.2, 0) is 9.47 Å². The third-order valence-corrected chi connectivity index (χ3v) is 2.60. The molecule has 2 nitrogen and oxygen atoms in total. The first-order chi connectivity index (χ1) is 6.33. The zero-order chi connectivity index (χ0) is 9.57. The van der Waals surface area contributed by atoms with Crippen LogP contribution in [0.15, 0.2) is 0 Å². The molecular weight excluding hydrogens is 164 g/mol. The molecule has 1 rings (SSSR count). The number of ether oxygens (including phenoxy) is 2. The van der Waals surface area contributed by atoms with Gasteiger partial charge in [0.2, 0.25) is 0 Å². The molecule has 0 aromatic carbocycles. The average molecular weight is 185 g/mol. The second kappa shape index (κ2) is 5.61. The van der Waals surface area contributed by atoms with Gasteiger partial charge in [-0.15, -0.1) is 0 Å². The summed E-state index contributed by atoms with van der Waals surface area (Å²) in [5, 5.41) is 0. The predicted octanol–water partition coefficient (Wildman–Crippen LogP) is 2.58. The van der Waals surface area contributed by atoms with Crippen LogP contribution in [0, 0.1) is 6.92 Å². The maximum atomic E-state index is 5.55. The van der Waals surface area contributed by atoms with E-state index < -0.39 is 0 Å². The Balaban J connectivity index is 1.84. The summed E-state index contributed by atoms with van der Waals surface area (Å²) in [5.74, 6) is 0. The third-order valence-electron chi connectivity index (χ3n) is 2.60. The SMILES string of the molecule is [CH2]CCCCCOCC1(CC)CO1. The molecule has 0 aromatic rings. The van der Waals surface area contributed by atoms with Crippen molar-refractivity contribution < 1.29 is 9.47 Å². The lowest BCUT2D eigenvalue weighted by atomic mass is 10.1. The Morgan fingerprint density at radius 3 is 2.69 bits per heavy atom. The van der Waals surface area contributed by atoms with Gasteiger partial charge in [0.1, 0.15) is 5.60 Å². The Labute approximate surface area is 81.6 Å². The third kappa shape index (κ3) is 4.10. The van der Waals surface area contributed by atoms with E-state index in [9.17, 15) is 0 Å². The number of hydrogen-bond acceptors (Lipinski definition) is 2. The Hall–Kier alpha value is -0.0800. The van der Waals surface area contributed by atoms with Crippen LogP contribution < -0.4 is 0 Å². The van der Waals surface area contributed by atoms with E-state index in [0.717, 1.165) is 39.1 Å². The van der Waals surface area contributed by atoms with Gasteiger partial charge in [-0.05, 0) is 12.8 Å². The van der Waals surface area contributed by atoms with Gasteiger partial charge in [0, 0.05) is 6.61 Å². The van der Waals surface area contributed by atoms with Crippen molar-refractivity contribution in [2.45, 2.75) is 44.6 Å². The van der Waals surface area contributed by atoms with E-state index >= 15 is 0 Å². The summed E-state index contributed by atoms with van der Waals surface area (Å²) in [6.07, 6.45) is 5.74. The van der Waals surface area contributed by atoms with Crippen LogP contribution in [0.5, 0.6) is 0 Å². The number of epoxide rings is 1. The molecule has 0 N–H and O–H groups in total. The summed E-state index contributed by atoms with van der Waals surface area (Å²) in [7, 11) is 0. The largest absolute Gasteiger partial charge is 0.378 e. The molecule has 1 unspecified atom stereocenters. The first kappa shape index (κ1) is 11.0. The predicted molar refractivity (Wildman–Crippen MR) is 53.6 cm³/mol. The highest BCUT2D eigenvalue weighted by Crippen LogP contribution is 2.30. The van der Waals surface area contributed by atoms with E-state index in [0.29, 0.717) is 0 Å². The number of rotatable bonds is 8. The molecule has 1 aliphatic rings. The molecule has 0 amide bonds. The molecule has 0 spiro atoms. The van der Waals surface area contributed by atoms with Crippen molar-refractivity contribution >= 4 is 0 Å². The molecule has 1 radical (unpaired) electrons. The molecule has 2 heteroatoms. The highest BCUT2D eigenvalue weighted by atomic mass is 16.6. The highest BCUT2D eigenvalue weighted by Gasteiger charge is 2.42. The van der Waals surface area contributed by atoms with Crippen LogP contribution in [0.3, 0.4) is 0 Å². The number of hydrogen-bond donors (Lipinski definition) is 0. The summed E-state index contributed by atoms with van der Waals surface area (Å²) < 4.78 is 10.9. The van der Waals surface area contributed by atoms with Crippen LogP contribution in [0.1, 0.15) is 39.0 Å². The minimum atomic E-state index is 0.103. The lowest BCUT2D eigenvalue weighted by Gasteiger charge is -2.09. The van der Waals surface area contributed by atoms with Crippen LogP contribution in [0.25, 0.3) is 0 Å². The van der Waals surface area contributed by atoms with Crippen LogP contribution in [0.4, 0.5) is 0 Å². The van der Waals surface area contributed by atoms with Gasteiger partial charge >= 0.3 is 0 Å². The molecule has 0 saturated carbocycles. The van der Waals surface area contributed by atoms with Crippen molar-refractivity contribution in [2.75, 3.05) is 19.8 Å². The van der Waals surface area contributed by atoms with Gasteiger partial charge in [0.05, 0.1) is 13.2 Å². The van der Waals surface area contributed by atoms with Crippen molar-refractivity contribution in [3.63, 3.8) is 0 Å². The first-order valence-corrected chi connectivity index (χ1v) is 5.34. The highest BCUT2D eigenvalue weighted by molar-refractivity contribution is 4.90. The van der Waals surface area contributed by atoms with Gasteiger partial charge in [-0.3, -0.25) is 0 Å². The normalized spacial score (nSPS) is 26.3. The van der Waals surface area contributed by atoms with Gasteiger partial charge in [0.25, 0.3) is 0 Å². The topological polar surface area (TPSA) is 21.8 Å². The molecule has 0 aliphatic carbocycles. The molecule has 1 saturated heterocycles. The van der Waals surface area contributed by atoms with Crippen molar-refractivity contribution in [3.05, 3.63) is 6.92 Å². The minimum Gasteiger partial charge on any atom is -0.378 e. The van der Waals surface area contributed by atoms with Crippen molar-refractivity contribution in [1.82, 2.24) is 0 Å². The lowest BCUT2D eigenvalue weighted by molar-refractivity contribution is 0.0743. The van der Waals surface area contributed by atoms with Gasteiger partial charge < -0.3 is 9.47 Å². The van der Waals surface area contributed by atoms with E-state index in [1.807, 2.05) is 0 Å². The Morgan fingerprint density at radius 2 is 2.15 bits per heavy atom. The fourth-order valence-corrected chi connectivity index (χ4v) is 1.31. The van der Waals surface area contributed by atoms with Crippen LogP contribution in [-0.4, -0.2) is 25.4 Å². The molecule has 0 bridgehead atoms. The monoisotopic (exact) mass is 185 g/mol. The van der Waals surface area contributed by atoms with E-state index in [2.05, 4.69) is 13.8 Å². The fraction of sp³-hybridized carbons (Fsp3) is 0.909. The second-order valence-corrected chi connectivity index (χ2v) is 3.79. The standard InChI is InChI=1S/C11H21O2/c1-3-5-6-7-8-12-9-11(4-2)10-13-11/h1,3-10H2,2H3. The van der Waals surface area contributed by atoms with E-state index in [1.54, 1.807) is 0 Å². The van der Waals surface area contributed by atoms with Crippen molar-refractivity contribution in [1.29, 1.82) is 0 Å². The summed E-state index contributed by atoms with van der Waals surface area (Å²) in [6.45, 7) is 8.51.